The van der Waals surface area contributed by atoms with Gasteiger partial charge < -0.3 is 9.64 Å². The summed E-state index contributed by atoms with van der Waals surface area (Å²) in [4.78, 5) is 26.4. The Labute approximate surface area is 129 Å². The lowest BCUT2D eigenvalue weighted by atomic mass is 10.0. The first-order valence-corrected chi connectivity index (χ1v) is 8.65. The second kappa shape index (κ2) is 8.08. The molecule has 21 heavy (non-hydrogen) atoms. The largest absolute Gasteiger partial charge is 0.463 e. The van der Waals surface area contributed by atoms with Crippen LogP contribution in [0.5, 0.6) is 0 Å². The first-order chi connectivity index (χ1) is 10.2. The molecule has 1 aliphatic heterocycles. The highest BCUT2D eigenvalue weighted by Gasteiger charge is 2.33. The Morgan fingerprint density at radius 1 is 1.29 bits per heavy atom. The topological polar surface area (TPSA) is 46.6 Å². The van der Waals surface area contributed by atoms with Crippen LogP contribution in [-0.2, 0) is 9.53 Å². The maximum Gasteiger partial charge on any atom is 0.328 e. The van der Waals surface area contributed by atoms with E-state index >= 15 is 0 Å². The summed E-state index contributed by atoms with van der Waals surface area (Å²) in [7, 11) is 0. The van der Waals surface area contributed by atoms with E-state index in [1.807, 2.05) is 24.5 Å². The summed E-state index contributed by atoms with van der Waals surface area (Å²) in [6, 6.07) is 8.68. The van der Waals surface area contributed by atoms with Crippen molar-refractivity contribution in [1.29, 1.82) is 0 Å². The van der Waals surface area contributed by atoms with Gasteiger partial charge in [0, 0.05) is 17.9 Å². The standard InChI is InChI=1S/C16H21NO3S/c1-21-12-11-20-16(19)14-9-5-6-10-17(14)15(18)13-7-3-2-4-8-13/h2-4,7-8,14H,5-6,9-12H2,1H3. The van der Waals surface area contributed by atoms with Gasteiger partial charge in [0.1, 0.15) is 12.6 Å². The predicted molar refractivity (Wildman–Crippen MR) is 84.5 cm³/mol. The summed E-state index contributed by atoms with van der Waals surface area (Å²) in [5, 5.41) is 0. The average molecular weight is 307 g/mol. The van der Waals surface area contributed by atoms with Crippen LogP contribution in [0.3, 0.4) is 0 Å². The van der Waals surface area contributed by atoms with E-state index in [1.165, 1.54) is 0 Å². The van der Waals surface area contributed by atoms with Crippen LogP contribution in [-0.4, -0.2) is 48.0 Å². The number of rotatable bonds is 5. The van der Waals surface area contributed by atoms with Crippen LogP contribution in [0.2, 0.25) is 0 Å². The van der Waals surface area contributed by atoms with Crippen molar-refractivity contribution in [2.75, 3.05) is 25.2 Å². The van der Waals surface area contributed by atoms with Crippen molar-refractivity contribution >= 4 is 23.6 Å². The number of benzene rings is 1. The highest BCUT2D eigenvalue weighted by Crippen LogP contribution is 2.21. The van der Waals surface area contributed by atoms with Gasteiger partial charge in [0.05, 0.1) is 0 Å². The molecule has 4 nitrogen and oxygen atoms in total. The number of ether oxygens (including phenoxy) is 1. The van der Waals surface area contributed by atoms with Gasteiger partial charge in [-0.2, -0.15) is 11.8 Å². The molecule has 1 heterocycles. The predicted octanol–water partition coefficient (Wildman–Crippen LogP) is 2.59. The van der Waals surface area contributed by atoms with E-state index in [0.717, 1.165) is 18.6 Å². The Morgan fingerprint density at radius 3 is 2.76 bits per heavy atom. The second-order valence-electron chi connectivity index (χ2n) is 5.04. The third-order valence-corrected chi connectivity index (χ3v) is 4.16. The van der Waals surface area contributed by atoms with E-state index in [-0.39, 0.29) is 11.9 Å². The van der Waals surface area contributed by atoms with E-state index in [9.17, 15) is 9.59 Å². The minimum absolute atomic E-state index is 0.0814. The van der Waals surface area contributed by atoms with E-state index in [2.05, 4.69) is 0 Å². The third kappa shape index (κ3) is 4.24. The number of esters is 1. The fourth-order valence-electron chi connectivity index (χ4n) is 2.49. The van der Waals surface area contributed by atoms with Crippen molar-refractivity contribution < 1.29 is 14.3 Å². The van der Waals surface area contributed by atoms with Crippen molar-refractivity contribution in [2.24, 2.45) is 0 Å². The van der Waals surface area contributed by atoms with Crippen LogP contribution in [0.1, 0.15) is 29.6 Å². The molecule has 0 bridgehead atoms. The van der Waals surface area contributed by atoms with Crippen LogP contribution < -0.4 is 0 Å². The Hall–Kier alpha value is -1.49. The number of carbonyl (C=O) groups excluding carboxylic acids is 2. The number of likely N-dealkylation sites (tertiary alicyclic amines) is 1. The lowest BCUT2D eigenvalue weighted by molar-refractivity contribution is -0.149. The van der Waals surface area contributed by atoms with Crippen molar-refractivity contribution in [1.82, 2.24) is 4.90 Å². The monoisotopic (exact) mass is 307 g/mol. The normalized spacial score (nSPS) is 18.3. The smallest absolute Gasteiger partial charge is 0.328 e. The Kier molecular flexibility index (Phi) is 6.11. The Bertz CT molecular complexity index is 478. The molecule has 5 heteroatoms. The Balaban J connectivity index is 2.04. The van der Waals surface area contributed by atoms with Crippen molar-refractivity contribution in [2.45, 2.75) is 25.3 Å². The molecule has 0 radical (unpaired) electrons. The second-order valence-corrected chi connectivity index (χ2v) is 6.02. The fourth-order valence-corrected chi connectivity index (χ4v) is 2.74. The van der Waals surface area contributed by atoms with Gasteiger partial charge >= 0.3 is 5.97 Å². The molecular formula is C16H21NO3S. The van der Waals surface area contributed by atoms with E-state index < -0.39 is 6.04 Å². The molecule has 1 aromatic carbocycles. The average Bonchev–Trinajstić information content (AvgIpc) is 2.55. The van der Waals surface area contributed by atoms with Gasteiger partial charge in [0.15, 0.2) is 0 Å². The molecule has 1 amide bonds. The van der Waals surface area contributed by atoms with Gasteiger partial charge in [-0.1, -0.05) is 18.2 Å². The van der Waals surface area contributed by atoms with Crippen LogP contribution in [0.4, 0.5) is 0 Å². The van der Waals surface area contributed by atoms with Crippen molar-refractivity contribution in [3.05, 3.63) is 35.9 Å². The number of carbonyl (C=O) groups is 2. The van der Waals surface area contributed by atoms with Crippen molar-refractivity contribution in [3.8, 4) is 0 Å². The number of nitrogens with zero attached hydrogens (tertiary/aromatic N) is 1. The van der Waals surface area contributed by atoms with Crippen LogP contribution in [0.15, 0.2) is 30.3 Å². The number of thioether (sulfide) groups is 1. The van der Waals surface area contributed by atoms with Gasteiger partial charge in [0.2, 0.25) is 0 Å². The zero-order chi connectivity index (χ0) is 15.1. The molecule has 0 N–H and O–H groups in total. The maximum absolute atomic E-state index is 12.6. The van der Waals surface area contributed by atoms with Gasteiger partial charge in [-0.05, 0) is 37.7 Å². The molecule has 114 valence electrons. The third-order valence-electron chi connectivity index (χ3n) is 3.59. The van der Waals surface area contributed by atoms with Crippen LogP contribution >= 0.6 is 11.8 Å². The first-order valence-electron chi connectivity index (χ1n) is 7.25. The van der Waals surface area contributed by atoms with Gasteiger partial charge in [-0.15, -0.1) is 0 Å². The van der Waals surface area contributed by atoms with Crippen molar-refractivity contribution in [3.63, 3.8) is 0 Å². The molecular weight excluding hydrogens is 286 g/mol. The maximum atomic E-state index is 12.6. The fraction of sp³-hybridized carbons (Fsp3) is 0.500. The van der Waals surface area contributed by atoms with Gasteiger partial charge in [-0.3, -0.25) is 4.79 Å². The quantitative estimate of drug-likeness (QED) is 0.619. The van der Waals surface area contributed by atoms with E-state index in [1.54, 1.807) is 28.8 Å². The first kappa shape index (κ1) is 15.9. The molecule has 1 aromatic rings. The zero-order valence-corrected chi connectivity index (χ0v) is 13.1. The minimum atomic E-state index is -0.437. The highest BCUT2D eigenvalue weighted by atomic mass is 32.2. The Morgan fingerprint density at radius 2 is 2.05 bits per heavy atom. The summed E-state index contributed by atoms with van der Waals surface area (Å²) < 4.78 is 5.28. The molecule has 1 aliphatic rings. The lowest BCUT2D eigenvalue weighted by Crippen LogP contribution is -2.48. The SMILES string of the molecule is CSCCOC(=O)C1CCCCN1C(=O)c1ccccc1. The number of piperidine rings is 1. The summed E-state index contributed by atoms with van der Waals surface area (Å²) in [5.41, 5.74) is 0.626. The molecule has 0 aliphatic carbocycles. The molecule has 1 fully saturated rings. The molecule has 1 atom stereocenters. The summed E-state index contributed by atoms with van der Waals surface area (Å²) in [6.07, 6.45) is 4.56. The van der Waals surface area contributed by atoms with Crippen LogP contribution in [0.25, 0.3) is 0 Å². The van der Waals surface area contributed by atoms with Gasteiger partial charge in [-0.25, -0.2) is 4.79 Å². The molecule has 0 saturated carbocycles. The number of hydrogen-bond acceptors (Lipinski definition) is 4. The molecule has 1 unspecified atom stereocenters. The molecule has 1 saturated heterocycles. The zero-order valence-electron chi connectivity index (χ0n) is 12.3. The molecule has 0 spiro atoms. The highest BCUT2D eigenvalue weighted by molar-refractivity contribution is 7.98. The van der Waals surface area contributed by atoms with Crippen LogP contribution in [0, 0.1) is 0 Å². The lowest BCUT2D eigenvalue weighted by Gasteiger charge is -2.34. The van der Waals surface area contributed by atoms with E-state index in [4.69, 9.17) is 4.74 Å². The summed E-state index contributed by atoms with van der Waals surface area (Å²) >= 11 is 1.64. The minimum Gasteiger partial charge on any atom is -0.463 e. The summed E-state index contributed by atoms with van der Waals surface area (Å²) in [6.45, 7) is 1.03. The van der Waals surface area contributed by atoms with E-state index in [0.29, 0.717) is 25.1 Å². The summed E-state index contributed by atoms with van der Waals surface area (Å²) in [5.74, 6) is 0.431. The molecule has 0 aromatic heterocycles. The molecule has 2 rings (SSSR count). The number of amides is 1. The number of hydrogen-bond donors (Lipinski definition) is 0. The van der Waals surface area contributed by atoms with Gasteiger partial charge in [0.25, 0.3) is 5.91 Å².